The first kappa shape index (κ1) is 9.38. The zero-order valence-corrected chi connectivity index (χ0v) is 8.55. The predicted octanol–water partition coefficient (Wildman–Crippen LogP) is 3.50. The lowest BCUT2D eigenvalue weighted by molar-refractivity contribution is 0.628. The number of fused-ring (bicyclic) bond motifs is 1. The molecule has 1 heterocycles. The first-order valence-corrected chi connectivity index (χ1v) is 5.00. The zero-order valence-electron chi connectivity index (χ0n) is 8.55. The van der Waals surface area contributed by atoms with Gasteiger partial charge in [-0.2, -0.15) is 0 Å². The molecule has 2 heteroatoms. The van der Waals surface area contributed by atoms with Crippen molar-refractivity contribution in [2.24, 2.45) is 10.9 Å². The number of hydrogen-bond donors (Lipinski definition) is 0. The molecule has 0 unspecified atom stereocenters. The summed E-state index contributed by atoms with van der Waals surface area (Å²) in [7, 11) is 0. The second kappa shape index (κ2) is 3.52. The third-order valence-electron chi connectivity index (χ3n) is 2.36. The van der Waals surface area contributed by atoms with Gasteiger partial charge in [0.05, 0.1) is 5.69 Å². The largest absolute Gasteiger partial charge is 0.257 e. The minimum absolute atomic E-state index is 0.196. The minimum atomic E-state index is -0.196. The first-order valence-electron chi connectivity index (χ1n) is 5.00. The van der Waals surface area contributed by atoms with Gasteiger partial charge in [-0.05, 0) is 30.0 Å². The summed E-state index contributed by atoms with van der Waals surface area (Å²) in [5, 5.41) is 0. The molecule has 0 radical (unpaired) electrons. The van der Waals surface area contributed by atoms with Gasteiger partial charge < -0.3 is 0 Å². The molecule has 0 N–H and O–H groups in total. The van der Waals surface area contributed by atoms with Crippen LogP contribution in [-0.4, -0.2) is 5.71 Å². The molecule has 0 spiro atoms. The van der Waals surface area contributed by atoms with Crippen LogP contribution in [0.5, 0.6) is 0 Å². The van der Waals surface area contributed by atoms with Crippen LogP contribution < -0.4 is 0 Å². The second-order valence-corrected chi connectivity index (χ2v) is 4.23. The Hall–Kier alpha value is -1.18. The second-order valence-electron chi connectivity index (χ2n) is 4.23. The van der Waals surface area contributed by atoms with Crippen LogP contribution in [0.4, 0.5) is 10.1 Å². The van der Waals surface area contributed by atoms with Crippen molar-refractivity contribution in [2.45, 2.75) is 26.7 Å². The molecule has 1 aromatic rings. The number of rotatable bonds is 2. The minimum Gasteiger partial charge on any atom is -0.257 e. The quantitative estimate of drug-likeness (QED) is 0.678. The summed E-state index contributed by atoms with van der Waals surface area (Å²) in [5.41, 5.74) is 3.16. The highest BCUT2D eigenvalue weighted by molar-refractivity contribution is 5.93. The van der Waals surface area contributed by atoms with Crippen molar-refractivity contribution in [2.75, 3.05) is 0 Å². The van der Waals surface area contributed by atoms with Gasteiger partial charge in [0.2, 0.25) is 0 Å². The van der Waals surface area contributed by atoms with Crippen molar-refractivity contribution in [1.82, 2.24) is 0 Å². The maximum absolute atomic E-state index is 12.9. The monoisotopic (exact) mass is 191 g/mol. The summed E-state index contributed by atoms with van der Waals surface area (Å²) in [5.74, 6) is 0.422. The zero-order chi connectivity index (χ0) is 10.1. The summed E-state index contributed by atoms with van der Waals surface area (Å²) < 4.78 is 12.9. The molecule has 1 aliphatic heterocycles. The molecule has 1 aliphatic rings. The first-order chi connectivity index (χ1) is 6.65. The molecule has 0 fully saturated rings. The normalized spacial score (nSPS) is 14.4. The highest BCUT2D eigenvalue weighted by Gasteiger charge is 2.15. The van der Waals surface area contributed by atoms with Gasteiger partial charge in [0, 0.05) is 12.1 Å². The van der Waals surface area contributed by atoms with E-state index in [4.69, 9.17) is 0 Å². The van der Waals surface area contributed by atoms with E-state index in [1.165, 1.54) is 17.8 Å². The van der Waals surface area contributed by atoms with Gasteiger partial charge in [-0.25, -0.2) is 4.39 Å². The summed E-state index contributed by atoms with van der Waals surface area (Å²) in [6, 6.07) is 4.86. The van der Waals surface area contributed by atoms with Crippen LogP contribution in [0.2, 0.25) is 0 Å². The Morgan fingerprint density at radius 2 is 2.21 bits per heavy atom. The molecule has 0 amide bonds. The Balaban J connectivity index is 2.21. The van der Waals surface area contributed by atoms with Crippen LogP contribution in [0.15, 0.2) is 23.2 Å². The molecule has 0 saturated carbocycles. The van der Waals surface area contributed by atoms with Crippen LogP contribution >= 0.6 is 0 Å². The fraction of sp³-hybridized carbons (Fsp3) is 0.417. The van der Waals surface area contributed by atoms with E-state index in [9.17, 15) is 4.39 Å². The maximum Gasteiger partial charge on any atom is 0.125 e. The van der Waals surface area contributed by atoms with Crippen LogP contribution in [-0.2, 0) is 6.42 Å². The third kappa shape index (κ3) is 1.84. The van der Waals surface area contributed by atoms with Crippen LogP contribution in [0.25, 0.3) is 0 Å². The van der Waals surface area contributed by atoms with Gasteiger partial charge in [-0.1, -0.05) is 19.9 Å². The molecule has 74 valence electrons. The maximum atomic E-state index is 12.9. The van der Waals surface area contributed by atoms with E-state index < -0.39 is 0 Å². The van der Waals surface area contributed by atoms with Crippen LogP contribution in [0.1, 0.15) is 25.8 Å². The van der Waals surface area contributed by atoms with Crippen molar-refractivity contribution in [3.05, 3.63) is 29.6 Å². The smallest absolute Gasteiger partial charge is 0.125 e. The van der Waals surface area contributed by atoms with E-state index >= 15 is 0 Å². The highest BCUT2D eigenvalue weighted by atomic mass is 19.1. The van der Waals surface area contributed by atoms with Gasteiger partial charge in [0.15, 0.2) is 0 Å². The molecule has 14 heavy (non-hydrogen) atoms. The number of halogens is 1. The van der Waals surface area contributed by atoms with Crippen molar-refractivity contribution in [3.8, 4) is 0 Å². The number of benzene rings is 1. The molecule has 0 aliphatic carbocycles. The van der Waals surface area contributed by atoms with Crippen molar-refractivity contribution >= 4 is 11.4 Å². The molecule has 2 rings (SSSR count). The van der Waals surface area contributed by atoms with Gasteiger partial charge in [-0.15, -0.1) is 0 Å². The Morgan fingerprint density at radius 1 is 1.43 bits per heavy atom. The summed E-state index contributed by atoms with van der Waals surface area (Å²) in [4.78, 5) is 4.43. The van der Waals surface area contributed by atoms with Crippen molar-refractivity contribution < 1.29 is 4.39 Å². The topological polar surface area (TPSA) is 12.4 Å². The molecule has 1 nitrogen and oxygen atoms in total. The number of nitrogens with zero attached hydrogens (tertiary/aromatic N) is 1. The summed E-state index contributed by atoms with van der Waals surface area (Å²) in [6.07, 6.45) is 1.91. The number of hydrogen-bond acceptors (Lipinski definition) is 1. The molecular formula is C12H14FN. The Bertz CT molecular complexity index is 380. The van der Waals surface area contributed by atoms with E-state index in [1.807, 2.05) is 6.07 Å². The lowest BCUT2D eigenvalue weighted by atomic mass is 10.0. The predicted molar refractivity (Wildman–Crippen MR) is 56.7 cm³/mol. The fourth-order valence-electron chi connectivity index (χ4n) is 1.81. The molecule has 0 saturated heterocycles. The fourth-order valence-corrected chi connectivity index (χ4v) is 1.81. The standard InChI is InChI=1S/C12H14FN/c1-8(2)5-11-6-9-3-4-10(13)7-12(9)14-11/h3-4,7-8H,5-6H2,1-2H3. The molecule has 0 atom stereocenters. The number of aliphatic imine (C=N–C) groups is 1. The molecule has 0 bridgehead atoms. The van der Waals surface area contributed by atoms with Crippen LogP contribution in [0, 0.1) is 11.7 Å². The van der Waals surface area contributed by atoms with E-state index in [0.717, 1.165) is 24.1 Å². The Labute approximate surface area is 83.7 Å². The lowest BCUT2D eigenvalue weighted by Crippen LogP contribution is -2.02. The average molecular weight is 191 g/mol. The Morgan fingerprint density at radius 3 is 2.93 bits per heavy atom. The van der Waals surface area contributed by atoms with Gasteiger partial charge in [0.25, 0.3) is 0 Å². The van der Waals surface area contributed by atoms with E-state index in [1.54, 1.807) is 0 Å². The van der Waals surface area contributed by atoms with E-state index in [2.05, 4.69) is 18.8 Å². The van der Waals surface area contributed by atoms with Gasteiger partial charge >= 0.3 is 0 Å². The summed E-state index contributed by atoms with van der Waals surface area (Å²) in [6.45, 7) is 4.35. The van der Waals surface area contributed by atoms with Gasteiger partial charge in [0.1, 0.15) is 5.82 Å². The van der Waals surface area contributed by atoms with E-state index in [-0.39, 0.29) is 5.82 Å². The lowest BCUT2D eigenvalue weighted by Gasteiger charge is -2.02. The summed E-state index contributed by atoms with van der Waals surface area (Å²) >= 11 is 0. The van der Waals surface area contributed by atoms with Crippen LogP contribution in [0.3, 0.4) is 0 Å². The van der Waals surface area contributed by atoms with E-state index in [0.29, 0.717) is 5.92 Å². The van der Waals surface area contributed by atoms with Gasteiger partial charge in [-0.3, -0.25) is 4.99 Å². The molecular weight excluding hydrogens is 177 g/mol. The third-order valence-corrected chi connectivity index (χ3v) is 2.36. The Kier molecular flexibility index (Phi) is 2.36. The molecule has 1 aromatic carbocycles. The average Bonchev–Trinajstić information content (AvgIpc) is 2.44. The van der Waals surface area contributed by atoms with Crippen molar-refractivity contribution in [3.63, 3.8) is 0 Å². The SMILES string of the molecule is CC(C)CC1=Nc2cc(F)ccc2C1. The van der Waals surface area contributed by atoms with Crippen molar-refractivity contribution in [1.29, 1.82) is 0 Å². The molecule has 0 aromatic heterocycles. The highest BCUT2D eigenvalue weighted by Crippen LogP contribution is 2.28.